The number of aliphatic hydroxyl groups excluding tert-OH is 1. The molecule has 0 aliphatic carbocycles. The third-order valence-corrected chi connectivity index (χ3v) is 1.96. The van der Waals surface area contributed by atoms with Crippen molar-refractivity contribution in [2.45, 2.75) is 32.7 Å². The maximum absolute atomic E-state index is 8.84. The molecule has 0 aliphatic rings. The first-order chi connectivity index (χ1) is 4.42. The Balaban J connectivity index is 3.21. The summed E-state index contributed by atoms with van der Waals surface area (Å²) in [5.74, 6) is 0. The van der Waals surface area contributed by atoms with Crippen LogP contribution in [0.15, 0.2) is 0 Å². The maximum atomic E-state index is 8.84. The first-order valence-electron chi connectivity index (χ1n) is 3.67. The van der Waals surface area contributed by atoms with Crippen LogP contribution in [0.1, 0.15) is 6.92 Å². The number of aliphatic hydroxyl groups is 1. The predicted molar refractivity (Wildman–Crippen MR) is 45.8 cm³/mol. The summed E-state index contributed by atoms with van der Waals surface area (Å²) in [6.07, 6.45) is 0.522. The van der Waals surface area contributed by atoms with E-state index in [-0.39, 0.29) is 6.10 Å². The molecule has 0 saturated carbocycles. The Kier molecular flexibility index (Phi) is 4.16. The second-order valence-electron chi connectivity index (χ2n) is 3.92. The molecule has 0 spiro atoms. The van der Waals surface area contributed by atoms with E-state index in [2.05, 4.69) is 19.6 Å². The second-order valence-corrected chi connectivity index (χ2v) is 9.33. The summed E-state index contributed by atoms with van der Waals surface area (Å²) in [4.78, 5) is 0. The van der Waals surface area contributed by atoms with Crippen LogP contribution in [-0.4, -0.2) is 32.1 Å². The van der Waals surface area contributed by atoms with Gasteiger partial charge in [0.2, 0.25) is 0 Å². The first-order valence-corrected chi connectivity index (χ1v) is 7.38. The average Bonchev–Trinajstić information content (AvgIpc) is 1.59. The third-order valence-electron chi connectivity index (χ3n) is 0.894. The Labute approximate surface area is 64.2 Å². The molecule has 0 saturated heterocycles. The summed E-state index contributed by atoms with van der Waals surface area (Å²) >= 11 is 0. The minimum atomic E-state index is -1.06. The van der Waals surface area contributed by atoms with Gasteiger partial charge in [-0.3, -0.25) is 0 Å². The van der Waals surface area contributed by atoms with Gasteiger partial charge in [-0.25, -0.2) is 0 Å². The van der Waals surface area contributed by atoms with Crippen molar-refractivity contribution < 1.29 is 9.84 Å². The second kappa shape index (κ2) is 4.11. The molecule has 62 valence electrons. The van der Waals surface area contributed by atoms with Crippen LogP contribution in [0.2, 0.25) is 19.6 Å². The number of hydrogen-bond acceptors (Lipinski definition) is 2. The molecule has 0 aromatic rings. The van der Waals surface area contributed by atoms with Crippen molar-refractivity contribution in [3.8, 4) is 0 Å². The normalized spacial score (nSPS) is 15.3. The molecule has 0 amide bonds. The number of hydrogen-bond donors (Lipinski definition) is 1. The fourth-order valence-electron chi connectivity index (χ4n) is 0.536. The maximum Gasteiger partial charge on any atom is 0.0746 e. The van der Waals surface area contributed by atoms with Gasteiger partial charge in [-0.15, -0.1) is 0 Å². The van der Waals surface area contributed by atoms with Crippen LogP contribution in [0, 0.1) is 0 Å². The summed E-state index contributed by atoms with van der Waals surface area (Å²) in [5, 5.41) is 8.84. The van der Waals surface area contributed by atoms with Gasteiger partial charge in [0.05, 0.1) is 20.8 Å². The van der Waals surface area contributed by atoms with Gasteiger partial charge in [0.25, 0.3) is 0 Å². The highest BCUT2D eigenvalue weighted by Crippen LogP contribution is 2.00. The van der Waals surface area contributed by atoms with E-state index < -0.39 is 8.07 Å². The van der Waals surface area contributed by atoms with Crippen molar-refractivity contribution in [2.24, 2.45) is 0 Å². The van der Waals surface area contributed by atoms with Crippen LogP contribution in [-0.2, 0) is 4.74 Å². The summed E-state index contributed by atoms with van der Waals surface area (Å²) in [5.41, 5.74) is 0. The molecule has 0 fully saturated rings. The minimum Gasteiger partial charge on any atom is -0.391 e. The highest BCUT2D eigenvalue weighted by Gasteiger charge is 2.12. The molecular formula is C7H18O2Si. The molecule has 0 heterocycles. The molecule has 0 bridgehead atoms. The van der Waals surface area contributed by atoms with E-state index in [1.807, 2.05) is 0 Å². The molecule has 0 rings (SSSR count). The molecule has 1 atom stereocenters. The quantitative estimate of drug-likeness (QED) is 0.631. The van der Waals surface area contributed by atoms with E-state index in [4.69, 9.17) is 9.84 Å². The molecule has 0 aliphatic heterocycles. The molecule has 3 heteroatoms. The van der Waals surface area contributed by atoms with E-state index >= 15 is 0 Å². The third kappa shape index (κ3) is 8.14. The summed E-state index contributed by atoms with van der Waals surface area (Å²) in [6.45, 7) is 8.95. The summed E-state index contributed by atoms with van der Waals surface area (Å²) in [7, 11) is -1.06. The Morgan fingerprint density at radius 1 is 1.40 bits per heavy atom. The Hall–Kier alpha value is 0.137. The fraction of sp³-hybridized carbons (Fsp3) is 1.00. The zero-order valence-corrected chi connectivity index (χ0v) is 8.35. The van der Waals surface area contributed by atoms with Gasteiger partial charge in [0, 0.05) is 6.23 Å². The zero-order chi connectivity index (χ0) is 8.20. The van der Waals surface area contributed by atoms with Crippen molar-refractivity contribution >= 4 is 8.07 Å². The Morgan fingerprint density at radius 3 is 2.20 bits per heavy atom. The lowest BCUT2D eigenvalue weighted by molar-refractivity contribution is 0.0650. The van der Waals surface area contributed by atoms with Crippen LogP contribution >= 0.6 is 0 Å². The smallest absolute Gasteiger partial charge is 0.0746 e. The molecule has 1 N–H and O–H groups in total. The minimum absolute atomic E-state index is 0.323. The van der Waals surface area contributed by atoms with E-state index in [9.17, 15) is 0 Å². The standard InChI is InChI=1S/C7H18O2Si/c1-7(8)5-9-6-10(2,3)4/h7-8H,5-6H2,1-4H3. The predicted octanol–water partition coefficient (Wildman–Crippen LogP) is 1.26. The van der Waals surface area contributed by atoms with Crippen LogP contribution in [0.5, 0.6) is 0 Å². The highest BCUT2D eigenvalue weighted by atomic mass is 28.3. The fourth-order valence-corrected chi connectivity index (χ4v) is 1.27. The molecule has 1 unspecified atom stereocenters. The summed E-state index contributed by atoms with van der Waals surface area (Å²) in [6, 6.07) is 0. The topological polar surface area (TPSA) is 29.5 Å². The van der Waals surface area contributed by atoms with Crippen molar-refractivity contribution in [1.29, 1.82) is 0 Å². The van der Waals surface area contributed by atoms with E-state index in [1.165, 1.54) is 0 Å². The van der Waals surface area contributed by atoms with E-state index in [0.29, 0.717) is 6.61 Å². The van der Waals surface area contributed by atoms with Gasteiger partial charge in [0.15, 0.2) is 0 Å². The Bertz CT molecular complexity index is 86.1. The molecule has 0 aromatic carbocycles. The van der Waals surface area contributed by atoms with Gasteiger partial charge in [0.1, 0.15) is 0 Å². The molecular weight excluding hydrogens is 144 g/mol. The van der Waals surface area contributed by atoms with Crippen LogP contribution in [0.3, 0.4) is 0 Å². The lowest BCUT2D eigenvalue weighted by Crippen LogP contribution is -2.29. The lowest BCUT2D eigenvalue weighted by atomic mass is 10.5. The van der Waals surface area contributed by atoms with Crippen LogP contribution < -0.4 is 0 Å². The number of ether oxygens (including phenoxy) is 1. The summed E-state index contributed by atoms with van der Waals surface area (Å²) < 4.78 is 5.27. The van der Waals surface area contributed by atoms with Gasteiger partial charge < -0.3 is 9.84 Å². The SMILES string of the molecule is CC(O)COC[Si](C)(C)C. The van der Waals surface area contributed by atoms with Gasteiger partial charge >= 0.3 is 0 Å². The van der Waals surface area contributed by atoms with Crippen LogP contribution in [0.25, 0.3) is 0 Å². The lowest BCUT2D eigenvalue weighted by Gasteiger charge is -2.16. The average molecular weight is 162 g/mol. The van der Waals surface area contributed by atoms with Gasteiger partial charge in [-0.1, -0.05) is 19.6 Å². The molecule has 0 radical (unpaired) electrons. The van der Waals surface area contributed by atoms with E-state index in [1.54, 1.807) is 6.92 Å². The first kappa shape index (κ1) is 10.1. The van der Waals surface area contributed by atoms with E-state index in [0.717, 1.165) is 6.23 Å². The largest absolute Gasteiger partial charge is 0.391 e. The Morgan fingerprint density at radius 2 is 1.90 bits per heavy atom. The number of rotatable bonds is 4. The van der Waals surface area contributed by atoms with Crippen LogP contribution in [0.4, 0.5) is 0 Å². The molecule has 2 nitrogen and oxygen atoms in total. The van der Waals surface area contributed by atoms with Gasteiger partial charge in [-0.2, -0.15) is 0 Å². The molecule has 0 aromatic heterocycles. The highest BCUT2D eigenvalue weighted by molar-refractivity contribution is 6.76. The van der Waals surface area contributed by atoms with Crippen molar-refractivity contribution in [3.63, 3.8) is 0 Å². The molecule has 10 heavy (non-hydrogen) atoms. The van der Waals surface area contributed by atoms with Crippen molar-refractivity contribution in [1.82, 2.24) is 0 Å². The van der Waals surface area contributed by atoms with Crippen molar-refractivity contribution in [3.05, 3.63) is 0 Å². The van der Waals surface area contributed by atoms with Crippen molar-refractivity contribution in [2.75, 3.05) is 12.8 Å². The van der Waals surface area contributed by atoms with Gasteiger partial charge in [-0.05, 0) is 6.92 Å². The monoisotopic (exact) mass is 162 g/mol. The zero-order valence-electron chi connectivity index (χ0n) is 7.35.